The summed E-state index contributed by atoms with van der Waals surface area (Å²) in [6.45, 7) is 3.69. The Morgan fingerprint density at radius 3 is 2.61 bits per heavy atom. The van der Waals surface area contributed by atoms with E-state index in [0.717, 1.165) is 22.8 Å². The average Bonchev–Trinajstić information content (AvgIpc) is 3.06. The molecular formula is C15H13ClN2O3S2. The lowest BCUT2D eigenvalue weighted by atomic mass is 10.2. The molecule has 0 bridgehead atoms. The van der Waals surface area contributed by atoms with Crippen molar-refractivity contribution in [1.82, 2.24) is 4.98 Å². The second-order valence-electron chi connectivity index (χ2n) is 4.91. The minimum absolute atomic E-state index is 0.163. The van der Waals surface area contributed by atoms with Gasteiger partial charge in [0.25, 0.3) is 10.0 Å². The fraction of sp³-hybridized carbons (Fsp3) is 0.133. The van der Waals surface area contributed by atoms with Crippen molar-refractivity contribution in [2.75, 3.05) is 4.72 Å². The van der Waals surface area contributed by atoms with Crippen LogP contribution in [0.15, 0.2) is 45.0 Å². The number of aryl methyl sites for hydroxylation is 2. The lowest BCUT2D eigenvalue weighted by molar-refractivity contribution is 0.541. The maximum atomic E-state index is 12.3. The van der Waals surface area contributed by atoms with Gasteiger partial charge in [-0.25, -0.2) is 13.4 Å². The maximum Gasteiger partial charge on any atom is 0.271 e. The van der Waals surface area contributed by atoms with Gasteiger partial charge in [0.05, 0.1) is 10.0 Å². The molecule has 0 atom stereocenters. The van der Waals surface area contributed by atoms with Crippen LogP contribution < -0.4 is 4.72 Å². The molecule has 0 unspecified atom stereocenters. The summed E-state index contributed by atoms with van der Waals surface area (Å²) in [7, 11) is -3.66. The van der Waals surface area contributed by atoms with Gasteiger partial charge in [-0.05, 0) is 44.2 Å². The van der Waals surface area contributed by atoms with Crippen molar-refractivity contribution in [3.05, 3.63) is 52.2 Å². The van der Waals surface area contributed by atoms with Crippen LogP contribution in [0.3, 0.4) is 0 Å². The van der Waals surface area contributed by atoms with Gasteiger partial charge in [0.2, 0.25) is 5.89 Å². The molecule has 0 amide bonds. The summed E-state index contributed by atoms with van der Waals surface area (Å²) >= 11 is 6.80. The van der Waals surface area contributed by atoms with E-state index in [0.29, 0.717) is 21.5 Å². The smallest absolute Gasteiger partial charge is 0.271 e. The monoisotopic (exact) mass is 368 g/mol. The Hall–Kier alpha value is -1.83. The first-order valence-corrected chi connectivity index (χ1v) is 9.35. The molecule has 3 aromatic rings. The molecule has 1 aromatic carbocycles. The van der Waals surface area contributed by atoms with Gasteiger partial charge in [-0.15, -0.1) is 11.3 Å². The first-order chi connectivity index (χ1) is 10.8. The van der Waals surface area contributed by atoms with E-state index in [4.69, 9.17) is 16.0 Å². The van der Waals surface area contributed by atoms with E-state index >= 15 is 0 Å². The maximum absolute atomic E-state index is 12.3. The lowest BCUT2D eigenvalue weighted by Crippen LogP contribution is -2.11. The van der Waals surface area contributed by atoms with Gasteiger partial charge < -0.3 is 4.42 Å². The zero-order valence-corrected chi connectivity index (χ0v) is 14.7. The van der Waals surface area contributed by atoms with Gasteiger partial charge in [0.1, 0.15) is 9.97 Å². The van der Waals surface area contributed by atoms with Gasteiger partial charge in [0.15, 0.2) is 0 Å². The second-order valence-corrected chi connectivity index (χ2v) is 8.53. The minimum atomic E-state index is -3.66. The van der Waals surface area contributed by atoms with E-state index in [1.54, 1.807) is 24.3 Å². The van der Waals surface area contributed by atoms with E-state index in [1.807, 2.05) is 19.9 Å². The lowest BCUT2D eigenvalue weighted by Gasteiger charge is -2.07. The topological polar surface area (TPSA) is 72.2 Å². The average molecular weight is 369 g/mol. The standard InChI is InChI=1S/C15H13ClN2O3S2/c1-9-10(2)21-15(17-9)11-4-3-5-12(8-11)18-23(19,20)14-7-6-13(16)22-14/h3-8,18H,1-2H3. The van der Waals surface area contributed by atoms with Crippen LogP contribution in [-0.4, -0.2) is 13.4 Å². The highest BCUT2D eigenvalue weighted by Gasteiger charge is 2.17. The number of halogens is 1. The normalized spacial score (nSPS) is 11.6. The van der Waals surface area contributed by atoms with Crippen LogP contribution >= 0.6 is 22.9 Å². The van der Waals surface area contributed by atoms with Crippen molar-refractivity contribution < 1.29 is 12.8 Å². The van der Waals surface area contributed by atoms with E-state index in [1.165, 1.54) is 6.07 Å². The van der Waals surface area contributed by atoms with Crippen molar-refractivity contribution in [2.24, 2.45) is 0 Å². The van der Waals surface area contributed by atoms with E-state index < -0.39 is 10.0 Å². The third-order valence-corrected chi connectivity index (χ3v) is 6.31. The molecule has 3 rings (SSSR count). The second kappa shape index (κ2) is 5.99. The van der Waals surface area contributed by atoms with Crippen molar-refractivity contribution >= 4 is 38.6 Å². The number of hydrogen-bond acceptors (Lipinski definition) is 5. The highest BCUT2D eigenvalue weighted by molar-refractivity contribution is 7.94. The number of oxazole rings is 1. The van der Waals surface area contributed by atoms with Crippen LogP contribution in [-0.2, 0) is 10.0 Å². The number of anilines is 1. The molecule has 2 heterocycles. The van der Waals surface area contributed by atoms with Crippen molar-refractivity contribution in [3.8, 4) is 11.5 Å². The van der Waals surface area contributed by atoms with Crippen LogP contribution in [0.2, 0.25) is 4.34 Å². The molecule has 0 aliphatic carbocycles. The third kappa shape index (κ3) is 3.41. The Labute approximate surface area is 143 Å². The Balaban J connectivity index is 1.91. The minimum Gasteiger partial charge on any atom is -0.441 e. The van der Waals surface area contributed by atoms with E-state index in [2.05, 4.69) is 9.71 Å². The number of rotatable bonds is 4. The van der Waals surface area contributed by atoms with E-state index in [-0.39, 0.29) is 4.21 Å². The summed E-state index contributed by atoms with van der Waals surface area (Å²) in [5, 5.41) is 0. The molecule has 0 saturated heterocycles. The Morgan fingerprint density at radius 2 is 2.00 bits per heavy atom. The third-order valence-electron chi connectivity index (χ3n) is 3.20. The summed E-state index contributed by atoms with van der Waals surface area (Å²) in [6.07, 6.45) is 0. The van der Waals surface area contributed by atoms with Crippen LogP contribution in [0.1, 0.15) is 11.5 Å². The molecule has 0 aliphatic heterocycles. The number of thiophene rings is 1. The predicted molar refractivity (Wildman–Crippen MR) is 91.6 cm³/mol. The Morgan fingerprint density at radius 1 is 1.22 bits per heavy atom. The molecule has 8 heteroatoms. The summed E-state index contributed by atoms with van der Waals surface area (Å²) in [5.74, 6) is 1.19. The van der Waals surface area contributed by atoms with Crippen LogP contribution in [0.4, 0.5) is 5.69 Å². The Kier molecular flexibility index (Phi) is 4.18. The number of aromatic nitrogens is 1. The molecule has 0 saturated carbocycles. The van der Waals surface area contributed by atoms with Crippen molar-refractivity contribution in [1.29, 1.82) is 0 Å². The molecule has 120 valence electrons. The Bertz CT molecular complexity index is 941. The molecule has 0 fully saturated rings. The summed E-state index contributed by atoms with van der Waals surface area (Å²) < 4.78 is 33.3. The molecule has 0 radical (unpaired) electrons. The molecule has 5 nitrogen and oxygen atoms in total. The van der Waals surface area contributed by atoms with Gasteiger partial charge in [-0.3, -0.25) is 4.72 Å². The number of sulfonamides is 1. The quantitative estimate of drug-likeness (QED) is 0.737. The highest BCUT2D eigenvalue weighted by atomic mass is 35.5. The highest BCUT2D eigenvalue weighted by Crippen LogP contribution is 2.29. The summed E-state index contributed by atoms with van der Waals surface area (Å²) in [5.41, 5.74) is 1.94. The van der Waals surface area contributed by atoms with E-state index in [9.17, 15) is 8.42 Å². The SMILES string of the molecule is Cc1nc(-c2cccc(NS(=O)(=O)c3ccc(Cl)s3)c2)oc1C. The van der Waals surface area contributed by atoms with Crippen molar-refractivity contribution in [3.63, 3.8) is 0 Å². The zero-order chi connectivity index (χ0) is 16.6. The molecular weight excluding hydrogens is 356 g/mol. The largest absolute Gasteiger partial charge is 0.441 e. The fourth-order valence-electron chi connectivity index (χ4n) is 1.96. The molecule has 0 spiro atoms. The van der Waals surface area contributed by atoms with Crippen molar-refractivity contribution in [2.45, 2.75) is 18.1 Å². The van der Waals surface area contributed by atoms with Gasteiger partial charge >= 0.3 is 0 Å². The number of nitrogens with zero attached hydrogens (tertiary/aromatic N) is 1. The number of hydrogen-bond donors (Lipinski definition) is 1. The van der Waals surface area contributed by atoms with Gasteiger partial charge in [-0.2, -0.15) is 0 Å². The predicted octanol–water partition coefficient (Wildman–Crippen LogP) is 4.47. The molecule has 0 aliphatic rings. The summed E-state index contributed by atoms with van der Waals surface area (Å²) in [4.78, 5) is 4.32. The number of benzene rings is 1. The number of nitrogens with one attached hydrogen (secondary N) is 1. The molecule has 23 heavy (non-hydrogen) atoms. The fourth-order valence-corrected chi connectivity index (χ4v) is 4.49. The molecule has 1 N–H and O–H groups in total. The van der Waals surface area contributed by atoms with Crippen LogP contribution in [0.25, 0.3) is 11.5 Å². The van der Waals surface area contributed by atoms with Gasteiger partial charge in [-0.1, -0.05) is 17.7 Å². The first kappa shape index (κ1) is 16.0. The first-order valence-electron chi connectivity index (χ1n) is 6.68. The van der Waals surface area contributed by atoms with Crippen LogP contribution in [0, 0.1) is 13.8 Å². The van der Waals surface area contributed by atoms with Gasteiger partial charge in [0, 0.05) is 11.3 Å². The zero-order valence-electron chi connectivity index (χ0n) is 12.3. The molecule has 2 aromatic heterocycles. The van der Waals surface area contributed by atoms with Crippen LogP contribution in [0.5, 0.6) is 0 Å². The summed E-state index contributed by atoms with van der Waals surface area (Å²) in [6, 6.07) is 9.92.